The number of pyridine rings is 1. The first-order valence-electron chi connectivity index (χ1n) is 10.2. The lowest BCUT2D eigenvalue weighted by molar-refractivity contribution is -0.111. The van der Waals surface area contributed by atoms with Gasteiger partial charge in [0.2, 0.25) is 11.8 Å². The van der Waals surface area contributed by atoms with Gasteiger partial charge in [-0.3, -0.25) is 9.69 Å². The van der Waals surface area contributed by atoms with Crippen LogP contribution in [0, 0.1) is 0 Å². The molecule has 2 heterocycles. The van der Waals surface area contributed by atoms with Crippen molar-refractivity contribution in [1.82, 2.24) is 9.88 Å². The summed E-state index contributed by atoms with van der Waals surface area (Å²) in [6.45, 7) is 8.79. The molecule has 1 saturated heterocycles. The molecule has 1 fully saturated rings. The number of aromatic nitrogens is 1. The van der Waals surface area contributed by atoms with Gasteiger partial charge in [0.05, 0.1) is 31.2 Å². The number of anilines is 1. The van der Waals surface area contributed by atoms with Crippen LogP contribution in [0.2, 0.25) is 0 Å². The van der Waals surface area contributed by atoms with E-state index in [4.69, 9.17) is 14.2 Å². The summed E-state index contributed by atoms with van der Waals surface area (Å²) in [5.41, 5.74) is 1.51. The molecule has 1 aliphatic heterocycles. The molecule has 7 nitrogen and oxygen atoms in total. The van der Waals surface area contributed by atoms with E-state index in [1.54, 1.807) is 24.4 Å². The molecule has 1 aromatic heterocycles. The van der Waals surface area contributed by atoms with E-state index in [1.165, 1.54) is 6.08 Å². The van der Waals surface area contributed by atoms with Gasteiger partial charge >= 0.3 is 0 Å². The van der Waals surface area contributed by atoms with Gasteiger partial charge in [-0.25, -0.2) is 4.98 Å². The Kier molecular flexibility index (Phi) is 8.23. The molecule has 1 aromatic carbocycles. The molecule has 0 saturated carbocycles. The highest BCUT2D eigenvalue weighted by molar-refractivity contribution is 6.01. The smallest absolute Gasteiger partial charge is 0.248 e. The number of carbonyl (C=O) groups is 1. The zero-order valence-corrected chi connectivity index (χ0v) is 17.5. The summed E-state index contributed by atoms with van der Waals surface area (Å²) in [7, 11) is 0. The average Bonchev–Trinajstić information content (AvgIpc) is 2.74. The normalized spacial score (nSPS) is 14.8. The second-order valence-corrected chi connectivity index (χ2v) is 7.25. The van der Waals surface area contributed by atoms with Gasteiger partial charge < -0.3 is 19.5 Å². The maximum atomic E-state index is 12.2. The van der Waals surface area contributed by atoms with Crippen LogP contribution in [-0.4, -0.2) is 61.3 Å². The van der Waals surface area contributed by atoms with Crippen molar-refractivity contribution in [3.8, 4) is 11.6 Å². The number of amides is 1. The predicted octanol–water partition coefficient (Wildman–Crippen LogP) is 3.23. The summed E-state index contributed by atoms with van der Waals surface area (Å²) in [5.74, 6) is 1.09. The monoisotopic (exact) mass is 411 g/mol. The van der Waals surface area contributed by atoms with Crippen molar-refractivity contribution in [2.24, 2.45) is 0 Å². The van der Waals surface area contributed by atoms with Crippen molar-refractivity contribution in [2.75, 3.05) is 44.8 Å². The first-order valence-corrected chi connectivity index (χ1v) is 10.2. The zero-order chi connectivity index (χ0) is 21.2. The Morgan fingerprint density at radius 2 is 2.10 bits per heavy atom. The van der Waals surface area contributed by atoms with Crippen LogP contribution in [0.4, 0.5) is 5.69 Å². The molecular weight excluding hydrogens is 382 g/mol. The first kappa shape index (κ1) is 21.8. The van der Waals surface area contributed by atoms with Crippen LogP contribution in [0.25, 0.3) is 6.08 Å². The Morgan fingerprint density at radius 3 is 2.83 bits per heavy atom. The second kappa shape index (κ2) is 11.3. The molecular formula is C23H29N3O4. The van der Waals surface area contributed by atoms with Gasteiger partial charge in [0.15, 0.2) is 0 Å². The van der Waals surface area contributed by atoms with Crippen LogP contribution in [0.1, 0.15) is 19.4 Å². The second-order valence-electron chi connectivity index (χ2n) is 7.25. The van der Waals surface area contributed by atoms with E-state index in [0.717, 1.165) is 44.2 Å². The lowest BCUT2D eigenvalue weighted by Crippen LogP contribution is -2.38. The molecule has 2 aromatic rings. The number of nitrogens with zero attached hydrogens (tertiary/aromatic N) is 2. The summed E-state index contributed by atoms with van der Waals surface area (Å²) in [4.78, 5) is 18.7. The molecule has 1 aliphatic rings. The highest BCUT2D eigenvalue weighted by Crippen LogP contribution is 2.16. The molecule has 3 rings (SSSR count). The maximum Gasteiger partial charge on any atom is 0.248 e. The van der Waals surface area contributed by atoms with Crippen molar-refractivity contribution in [3.05, 3.63) is 54.2 Å². The Labute approximate surface area is 177 Å². The lowest BCUT2D eigenvalue weighted by Gasteiger charge is -2.26. The summed E-state index contributed by atoms with van der Waals surface area (Å²) in [6, 6.07) is 11.1. The van der Waals surface area contributed by atoms with Gasteiger partial charge in [0, 0.05) is 31.8 Å². The van der Waals surface area contributed by atoms with Crippen LogP contribution in [0.15, 0.2) is 48.7 Å². The molecule has 0 unspecified atom stereocenters. The molecule has 0 aliphatic carbocycles. The number of benzene rings is 1. The molecule has 30 heavy (non-hydrogen) atoms. The SMILES string of the molecule is CC(C)Oc1cccc(/C=C/C(=O)Nc2ccc(OCCN3CCOCC3)nc2)c1. The molecule has 0 radical (unpaired) electrons. The average molecular weight is 412 g/mol. The zero-order valence-electron chi connectivity index (χ0n) is 17.5. The number of morpholine rings is 1. The van der Waals surface area contributed by atoms with Crippen molar-refractivity contribution in [1.29, 1.82) is 0 Å². The van der Waals surface area contributed by atoms with Crippen LogP contribution in [0.5, 0.6) is 11.6 Å². The lowest BCUT2D eigenvalue weighted by atomic mass is 10.2. The van der Waals surface area contributed by atoms with Crippen molar-refractivity contribution in [3.63, 3.8) is 0 Å². The van der Waals surface area contributed by atoms with Crippen molar-refractivity contribution >= 4 is 17.7 Å². The molecule has 0 atom stereocenters. The minimum atomic E-state index is -0.229. The van der Waals surface area contributed by atoms with E-state index in [9.17, 15) is 4.79 Å². The first-order chi connectivity index (χ1) is 14.6. The van der Waals surface area contributed by atoms with Gasteiger partial charge in [0.1, 0.15) is 12.4 Å². The fourth-order valence-electron chi connectivity index (χ4n) is 2.96. The van der Waals surface area contributed by atoms with E-state index in [2.05, 4.69) is 15.2 Å². The van der Waals surface area contributed by atoms with Gasteiger partial charge in [-0.05, 0) is 43.7 Å². The fraction of sp³-hybridized carbons (Fsp3) is 0.391. The van der Waals surface area contributed by atoms with Gasteiger partial charge in [-0.15, -0.1) is 0 Å². The third-order valence-corrected chi connectivity index (χ3v) is 4.42. The number of carbonyl (C=O) groups excluding carboxylic acids is 1. The van der Waals surface area contributed by atoms with Crippen LogP contribution in [-0.2, 0) is 9.53 Å². The number of rotatable bonds is 9. The van der Waals surface area contributed by atoms with Gasteiger partial charge in [-0.1, -0.05) is 12.1 Å². The van der Waals surface area contributed by atoms with E-state index in [0.29, 0.717) is 18.2 Å². The van der Waals surface area contributed by atoms with Crippen molar-refractivity contribution in [2.45, 2.75) is 20.0 Å². The third-order valence-electron chi connectivity index (χ3n) is 4.42. The molecule has 7 heteroatoms. The topological polar surface area (TPSA) is 72.9 Å². The Balaban J connectivity index is 1.44. The number of ether oxygens (including phenoxy) is 3. The minimum absolute atomic E-state index is 0.103. The van der Waals surface area contributed by atoms with E-state index in [1.807, 2.05) is 38.1 Å². The highest BCUT2D eigenvalue weighted by Gasteiger charge is 2.10. The van der Waals surface area contributed by atoms with Gasteiger partial charge in [0.25, 0.3) is 0 Å². The number of hydrogen-bond donors (Lipinski definition) is 1. The summed E-state index contributed by atoms with van der Waals surface area (Å²) < 4.78 is 16.7. The van der Waals surface area contributed by atoms with Gasteiger partial charge in [-0.2, -0.15) is 0 Å². The predicted molar refractivity (Wildman–Crippen MR) is 117 cm³/mol. The van der Waals surface area contributed by atoms with E-state index < -0.39 is 0 Å². The fourth-order valence-corrected chi connectivity index (χ4v) is 2.96. The van der Waals surface area contributed by atoms with Crippen molar-refractivity contribution < 1.29 is 19.0 Å². The van der Waals surface area contributed by atoms with Crippen LogP contribution < -0.4 is 14.8 Å². The van der Waals surface area contributed by atoms with Crippen LogP contribution >= 0.6 is 0 Å². The molecule has 1 amide bonds. The largest absolute Gasteiger partial charge is 0.491 e. The number of nitrogens with one attached hydrogen (secondary N) is 1. The summed E-state index contributed by atoms with van der Waals surface area (Å²) in [6.07, 6.45) is 4.93. The summed E-state index contributed by atoms with van der Waals surface area (Å²) >= 11 is 0. The molecule has 160 valence electrons. The maximum absolute atomic E-state index is 12.2. The Bertz CT molecular complexity index is 831. The quantitative estimate of drug-likeness (QED) is 0.639. The Hall–Kier alpha value is -2.90. The third kappa shape index (κ3) is 7.50. The molecule has 0 bridgehead atoms. The highest BCUT2D eigenvalue weighted by atomic mass is 16.5. The molecule has 1 N–H and O–H groups in total. The summed E-state index contributed by atoms with van der Waals surface area (Å²) in [5, 5.41) is 2.80. The Morgan fingerprint density at radius 1 is 1.27 bits per heavy atom. The number of hydrogen-bond acceptors (Lipinski definition) is 6. The standard InChI is InChI=1S/C23H29N3O4/c1-18(2)30-21-5-3-4-19(16-21)6-8-22(27)25-20-7-9-23(24-17-20)29-15-12-26-10-13-28-14-11-26/h3-9,16-18H,10-15H2,1-2H3,(H,25,27)/b8-6+. The minimum Gasteiger partial charge on any atom is -0.491 e. The van der Waals surface area contributed by atoms with E-state index >= 15 is 0 Å². The van der Waals surface area contributed by atoms with E-state index in [-0.39, 0.29) is 12.0 Å². The van der Waals surface area contributed by atoms with Crippen LogP contribution in [0.3, 0.4) is 0 Å². The molecule has 0 spiro atoms.